The Morgan fingerprint density at radius 2 is 1.90 bits per heavy atom. The van der Waals surface area contributed by atoms with Crippen LogP contribution in [0.3, 0.4) is 0 Å². The van der Waals surface area contributed by atoms with Crippen LogP contribution < -0.4 is 10.9 Å². The molecule has 0 aliphatic heterocycles. The molecule has 6 nitrogen and oxygen atoms in total. The van der Waals surface area contributed by atoms with Crippen LogP contribution in [0.4, 0.5) is 5.69 Å². The molecule has 1 aromatic heterocycles. The topological polar surface area (TPSA) is 84.2 Å². The van der Waals surface area contributed by atoms with Crippen LogP contribution in [0, 0.1) is 17.3 Å². The van der Waals surface area contributed by atoms with Gasteiger partial charge >= 0.3 is 5.97 Å². The second-order valence-corrected chi connectivity index (χ2v) is 10.0. The van der Waals surface area contributed by atoms with Crippen molar-refractivity contribution in [2.24, 2.45) is 17.3 Å². The minimum absolute atomic E-state index is 0.0319. The molecule has 0 amide bonds. The van der Waals surface area contributed by atoms with E-state index < -0.39 is 16.9 Å². The highest BCUT2D eigenvalue weighted by Gasteiger charge is 2.62. The number of nitrogens with zero attached hydrogens (tertiary/aromatic N) is 2. The molecule has 1 heterocycles. The van der Waals surface area contributed by atoms with E-state index in [0.717, 1.165) is 37.7 Å². The van der Waals surface area contributed by atoms with Crippen molar-refractivity contribution in [2.75, 3.05) is 5.32 Å². The molecule has 2 aromatic rings. The molecule has 3 atom stereocenters. The van der Waals surface area contributed by atoms with Crippen molar-refractivity contribution in [1.29, 1.82) is 0 Å². The fraction of sp³-hybridized carbons (Fsp3) is 0.522. The van der Waals surface area contributed by atoms with Crippen LogP contribution in [-0.4, -0.2) is 20.9 Å². The highest BCUT2D eigenvalue weighted by atomic mass is 35.5. The summed E-state index contributed by atoms with van der Waals surface area (Å²) in [5, 5.41) is 17.9. The van der Waals surface area contributed by atoms with Crippen molar-refractivity contribution in [3.8, 4) is 0 Å². The number of benzene rings is 1. The Morgan fingerprint density at radius 1 is 1.23 bits per heavy atom. The first kappa shape index (κ1) is 19.6. The van der Waals surface area contributed by atoms with E-state index in [1.165, 1.54) is 4.68 Å². The van der Waals surface area contributed by atoms with Crippen LogP contribution in [0.5, 0.6) is 0 Å². The number of aromatic nitrogens is 2. The van der Waals surface area contributed by atoms with Gasteiger partial charge in [-0.25, -0.2) is 4.68 Å². The van der Waals surface area contributed by atoms with Crippen molar-refractivity contribution in [3.05, 3.63) is 57.5 Å². The molecule has 0 radical (unpaired) electrons. The molecule has 0 saturated heterocycles. The van der Waals surface area contributed by atoms with E-state index in [-0.39, 0.29) is 16.6 Å². The maximum Gasteiger partial charge on any atom is 0.309 e. The van der Waals surface area contributed by atoms with Crippen LogP contribution in [0.1, 0.15) is 57.1 Å². The summed E-state index contributed by atoms with van der Waals surface area (Å²) in [6, 6.07) is 9.90. The maximum absolute atomic E-state index is 13.3. The molecule has 4 saturated carbocycles. The van der Waals surface area contributed by atoms with Crippen molar-refractivity contribution in [1.82, 2.24) is 9.78 Å². The first-order valence-electron chi connectivity index (χ1n) is 10.7. The minimum Gasteiger partial charge on any atom is -0.481 e. The smallest absolute Gasteiger partial charge is 0.309 e. The second-order valence-electron chi connectivity index (χ2n) is 9.64. The molecule has 30 heavy (non-hydrogen) atoms. The Balaban J connectivity index is 1.48. The number of aliphatic carboxylic acids is 1. The number of nitrogens with one attached hydrogen (secondary N) is 1. The number of rotatable bonds is 5. The van der Waals surface area contributed by atoms with Gasteiger partial charge in [-0.3, -0.25) is 9.59 Å². The third kappa shape index (κ3) is 2.96. The molecule has 158 valence electrons. The summed E-state index contributed by atoms with van der Waals surface area (Å²) in [6.07, 6.45) is 6.22. The van der Waals surface area contributed by atoms with Gasteiger partial charge in [0.05, 0.1) is 22.8 Å². The van der Waals surface area contributed by atoms with E-state index in [1.54, 1.807) is 6.20 Å². The lowest BCUT2D eigenvalue weighted by Gasteiger charge is -2.60. The second kappa shape index (κ2) is 6.84. The number of carbonyl (C=O) groups is 1. The average molecular weight is 428 g/mol. The highest BCUT2D eigenvalue weighted by Crippen LogP contribution is 2.63. The number of anilines is 1. The zero-order valence-corrected chi connectivity index (χ0v) is 17.7. The minimum atomic E-state index is -0.727. The SMILES string of the molecule is C[C@H](Nc1cnn(C23C[C@H]4C[C@@H](CC(C(=O)O)(C4)C2)C3)c(=O)c1Cl)c1ccccc1. The lowest BCUT2D eigenvalue weighted by atomic mass is 9.47. The fourth-order valence-electron chi connectivity index (χ4n) is 6.64. The van der Waals surface area contributed by atoms with Crippen LogP contribution in [-0.2, 0) is 10.3 Å². The molecule has 7 heteroatoms. The Kier molecular flexibility index (Phi) is 4.47. The first-order valence-corrected chi connectivity index (χ1v) is 11.0. The molecule has 0 spiro atoms. The maximum atomic E-state index is 13.3. The van der Waals surface area contributed by atoms with Crippen LogP contribution in [0.25, 0.3) is 0 Å². The van der Waals surface area contributed by atoms with Crippen molar-refractivity contribution in [2.45, 2.75) is 57.0 Å². The Labute approximate surface area is 180 Å². The molecule has 4 fully saturated rings. The van der Waals surface area contributed by atoms with Crippen LogP contribution >= 0.6 is 11.6 Å². The number of halogens is 1. The van der Waals surface area contributed by atoms with Gasteiger partial charge in [0.1, 0.15) is 5.02 Å². The normalized spacial score (nSPS) is 32.7. The summed E-state index contributed by atoms with van der Waals surface area (Å²) in [5.74, 6) is -0.0495. The number of carboxylic acids is 1. The van der Waals surface area contributed by atoms with E-state index in [2.05, 4.69) is 10.4 Å². The standard InChI is InChI=1S/C23H26ClN3O3/c1-14(17-5-3-2-4-6-17)26-18-12-25-27(20(28)19(18)24)23-10-15-7-16(11-23)9-22(8-15,13-23)21(29)30/h2-6,12,14-16,26H,7-11,13H2,1H3,(H,29,30)/t14-,15-,16-,22?,23?/m0/s1. The first-order chi connectivity index (χ1) is 14.3. The van der Waals surface area contributed by atoms with Gasteiger partial charge in [-0.1, -0.05) is 41.9 Å². The molecular formula is C23H26ClN3O3. The summed E-state index contributed by atoms with van der Waals surface area (Å²) in [6.45, 7) is 2.01. The van der Waals surface area contributed by atoms with Crippen molar-refractivity contribution in [3.63, 3.8) is 0 Å². The third-order valence-electron chi connectivity index (χ3n) is 7.52. The van der Waals surface area contributed by atoms with Crippen LogP contribution in [0.2, 0.25) is 5.02 Å². The van der Waals surface area contributed by atoms with Gasteiger partial charge in [0.15, 0.2) is 0 Å². The summed E-state index contributed by atoms with van der Waals surface area (Å²) < 4.78 is 1.52. The van der Waals surface area contributed by atoms with Gasteiger partial charge in [-0.15, -0.1) is 0 Å². The molecule has 4 aliphatic carbocycles. The van der Waals surface area contributed by atoms with Crippen molar-refractivity contribution < 1.29 is 9.90 Å². The molecule has 0 unspecified atom stereocenters. The highest BCUT2D eigenvalue weighted by molar-refractivity contribution is 6.32. The van der Waals surface area contributed by atoms with Crippen LogP contribution in [0.15, 0.2) is 41.3 Å². The van der Waals surface area contributed by atoms with E-state index in [0.29, 0.717) is 23.9 Å². The lowest BCUT2D eigenvalue weighted by Crippen LogP contribution is -2.61. The third-order valence-corrected chi connectivity index (χ3v) is 7.89. The van der Waals surface area contributed by atoms with E-state index in [9.17, 15) is 14.7 Å². The Bertz CT molecular complexity index is 1040. The molecule has 2 N–H and O–H groups in total. The predicted molar refractivity (Wildman–Crippen MR) is 115 cm³/mol. The van der Waals surface area contributed by atoms with Gasteiger partial charge in [-0.05, 0) is 62.8 Å². The summed E-state index contributed by atoms with van der Waals surface area (Å²) in [7, 11) is 0. The van der Waals surface area contributed by atoms with Gasteiger partial charge in [0.25, 0.3) is 5.56 Å². The average Bonchev–Trinajstić information content (AvgIpc) is 2.71. The molecule has 1 aromatic carbocycles. The van der Waals surface area contributed by atoms with E-state index in [4.69, 9.17) is 11.6 Å². The fourth-order valence-corrected chi connectivity index (χ4v) is 6.83. The number of carboxylic acid groups (broad SMARTS) is 1. The molecule has 4 bridgehead atoms. The quantitative estimate of drug-likeness (QED) is 0.736. The summed E-state index contributed by atoms with van der Waals surface area (Å²) in [4.78, 5) is 25.4. The van der Waals surface area contributed by atoms with Gasteiger partial charge in [-0.2, -0.15) is 5.10 Å². The molecule has 4 aliphatic rings. The molecular weight excluding hydrogens is 402 g/mol. The monoisotopic (exact) mass is 427 g/mol. The van der Waals surface area contributed by atoms with E-state index >= 15 is 0 Å². The number of hydrogen-bond acceptors (Lipinski definition) is 4. The predicted octanol–water partition coefficient (Wildman–Crippen LogP) is 4.45. The number of hydrogen-bond donors (Lipinski definition) is 2. The Hall–Kier alpha value is -2.34. The van der Waals surface area contributed by atoms with E-state index in [1.807, 2.05) is 37.3 Å². The van der Waals surface area contributed by atoms with Gasteiger partial charge < -0.3 is 10.4 Å². The molecule has 6 rings (SSSR count). The van der Waals surface area contributed by atoms with Crippen molar-refractivity contribution >= 4 is 23.3 Å². The van der Waals surface area contributed by atoms with Gasteiger partial charge in [0.2, 0.25) is 0 Å². The summed E-state index contributed by atoms with van der Waals surface area (Å²) >= 11 is 6.52. The lowest BCUT2D eigenvalue weighted by molar-refractivity contribution is -0.173. The Morgan fingerprint density at radius 3 is 2.53 bits per heavy atom. The van der Waals surface area contributed by atoms with Gasteiger partial charge in [0, 0.05) is 6.04 Å². The zero-order chi connectivity index (χ0) is 21.1. The largest absolute Gasteiger partial charge is 0.481 e. The summed E-state index contributed by atoms with van der Waals surface area (Å²) in [5.41, 5.74) is 0.00187. The zero-order valence-electron chi connectivity index (χ0n) is 17.0.